The van der Waals surface area contributed by atoms with Crippen LogP contribution in [-0.2, 0) is 9.59 Å². The quantitative estimate of drug-likeness (QED) is 0.342. The molecule has 1 saturated heterocycles. The Morgan fingerprint density at radius 1 is 1.19 bits per heavy atom. The molecule has 0 saturated carbocycles. The van der Waals surface area contributed by atoms with E-state index in [1.54, 1.807) is 30.3 Å². The molecule has 1 aliphatic heterocycles. The van der Waals surface area contributed by atoms with Gasteiger partial charge in [-0.2, -0.15) is 0 Å². The Morgan fingerprint density at radius 3 is 2.72 bits per heavy atom. The molecular formula is C22H15Cl2N3O3S2. The fourth-order valence-electron chi connectivity index (χ4n) is 3.24. The molecule has 1 amide bonds. The predicted molar refractivity (Wildman–Crippen MR) is 132 cm³/mol. The van der Waals surface area contributed by atoms with Gasteiger partial charge in [-0.15, -0.1) is 0 Å². The summed E-state index contributed by atoms with van der Waals surface area (Å²) in [6.07, 6.45) is 1.87. The van der Waals surface area contributed by atoms with Crippen LogP contribution in [0.25, 0.3) is 28.2 Å². The third-order valence-corrected chi connectivity index (χ3v) is 6.65. The van der Waals surface area contributed by atoms with Crippen LogP contribution in [0.2, 0.25) is 10.0 Å². The molecule has 32 heavy (non-hydrogen) atoms. The molecule has 1 aliphatic rings. The number of carbonyl (C=O) groups excluding carboxylic acids is 1. The molecule has 1 aromatic heterocycles. The Kier molecular flexibility index (Phi) is 6.76. The first-order valence-electron chi connectivity index (χ1n) is 9.53. The first kappa shape index (κ1) is 22.7. The minimum atomic E-state index is -0.914. The van der Waals surface area contributed by atoms with E-state index in [1.807, 2.05) is 18.2 Å². The Morgan fingerprint density at radius 2 is 1.97 bits per heavy atom. The van der Waals surface area contributed by atoms with E-state index in [2.05, 4.69) is 9.97 Å². The van der Waals surface area contributed by atoms with Crippen molar-refractivity contribution in [3.63, 3.8) is 0 Å². The van der Waals surface area contributed by atoms with Crippen LogP contribution < -0.4 is 0 Å². The molecule has 2 heterocycles. The molecule has 0 spiro atoms. The number of hydrogen-bond acceptors (Lipinski definition) is 6. The lowest BCUT2D eigenvalue weighted by Gasteiger charge is -2.13. The van der Waals surface area contributed by atoms with E-state index >= 15 is 0 Å². The van der Waals surface area contributed by atoms with Crippen LogP contribution in [0.1, 0.15) is 18.7 Å². The summed E-state index contributed by atoms with van der Waals surface area (Å²) in [6, 6.07) is 12.6. The normalized spacial score (nSPS) is 15.2. The second-order valence-corrected chi connectivity index (χ2v) is 9.42. The maximum absolute atomic E-state index is 12.8. The molecule has 10 heteroatoms. The van der Waals surface area contributed by atoms with Crippen molar-refractivity contribution in [2.75, 3.05) is 6.54 Å². The molecule has 0 unspecified atom stereocenters. The zero-order chi connectivity index (χ0) is 22.8. The zero-order valence-electron chi connectivity index (χ0n) is 16.4. The van der Waals surface area contributed by atoms with Crippen molar-refractivity contribution in [3.05, 3.63) is 63.2 Å². The molecule has 6 nitrogen and oxygen atoms in total. The number of halogens is 2. The van der Waals surface area contributed by atoms with E-state index in [0.29, 0.717) is 42.7 Å². The monoisotopic (exact) mass is 503 g/mol. The fourth-order valence-corrected chi connectivity index (χ4v) is 4.92. The number of nitrogens with zero attached hydrogens (tertiary/aromatic N) is 3. The van der Waals surface area contributed by atoms with Gasteiger partial charge in [-0.25, -0.2) is 9.97 Å². The van der Waals surface area contributed by atoms with Gasteiger partial charge in [0.2, 0.25) is 0 Å². The highest BCUT2D eigenvalue weighted by atomic mass is 35.5. The topological polar surface area (TPSA) is 83.4 Å². The molecule has 0 aliphatic carbocycles. The van der Waals surface area contributed by atoms with Gasteiger partial charge >= 0.3 is 5.97 Å². The Labute approximate surface area is 203 Å². The van der Waals surface area contributed by atoms with Crippen LogP contribution in [0, 0.1) is 0 Å². The maximum Gasteiger partial charge on any atom is 0.303 e. The maximum atomic E-state index is 12.8. The van der Waals surface area contributed by atoms with Gasteiger partial charge in [0, 0.05) is 40.0 Å². The van der Waals surface area contributed by atoms with Crippen LogP contribution >= 0.6 is 47.2 Å². The third-order valence-electron chi connectivity index (χ3n) is 4.71. The second-order valence-electron chi connectivity index (χ2n) is 6.90. The zero-order valence-corrected chi connectivity index (χ0v) is 19.6. The highest BCUT2D eigenvalue weighted by Gasteiger charge is 2.32. The van der Waals surface area contributed by atoms with Crippen LogP contribution in [0.4, 0.5) is 0 Å². The number of amides is 1. The molecule has 4 rings (SSSR count). The van der Waals surface area contributed by atoms with E-state index in [1.165, 1.54) is 4.90 Å². The average molecular weight is 504 g/mol. The van der Waals surface area contributed by atoms with E-state index < -0.39 is 5.97 Å². The van der Waals surface area contributed by atoms with Crippen molar-refractivity contribution in [1.29, 1.82) is 0 Å². The Hall–Kier alpha value is -2.52. The molecule has 0 bridgehead atoms. The van der Waals surface area contributed by atoms with Crippen LogP contribution in [0.5, 0.6) is 0 Å². The highest BCUT2D eigenvalue weighted by molar-refractivity contribution is 8.26. The van der Waals surface area contributed by atoms with Gasteiger partial charge in [-0.3, -0.25) is 14.5 Å². The van der Waals surface area contributed by atoms with Crippen molar-refractivity contribution < 1.29 is 14.7 Å². The number of aromatic nitrogens is 2. The van der Waals surface area contributed by atoms with Gasteiger partial charge in [-0.1, -0.05) is 65.4 Å². The number of thioether (sulfide) groups is 1. The summed E-state index contributed by atoms with van der Waals surface area (Å²) in [4.78, 5) is 34.6. The number of rotatable bonds is 6. The molecule has 0 radical (unpaired) electrons. The predicted octanol–water partition coefficient (Wildman–Crippen LogP) is 5.67. The summed E-state index contributed by atoms with van der Waals surface area (Å²) < 4.78 is 0.380. The Balaban J connectivity index is 1.74. The lowest BCUT2D eigenvalue weighted by atomic mass is 10.1. The minimum absolute atomic E-state index is 0.0341. The number of hydrogen-bond donors (Lipinski definition) is 1. The highest BCUT2D eigenvalue weighted by Crippen LogP contribution is 2.35. The summed E-state index contributed by atoms with van der Waals surface area (Å²) in [5.74, 6) is -0.868. The van der Waals surface area contributed by atoms with Gasteiger partial charge in [0.05, 0.1) is 16.1 Å². The number of carboxylic acid groups (broad SMARTS) is 1. The molecule has 162 valence electrons. The second kappa shape index (κ2) is 9.54. The summed E-state index contributed by atoms with van der Waals surface area (Å²) in [5, 5.41) is 10.6. The molecule has 2 aromatic carbocycles. The summed E-state index contributed by atoms with van der Waals surface area (Å²) in [5.41, 5.74) is 1.98. The summed E-state index contributed by atoms with van der Waals surface area (Å²) >= 11 is 19.1. The van der Waals surface area contributed by atoms with Gasteiger partial charge in [0.25, 0.3) is 5.91 Å². The van der Waals surface area contributed by atoms with E-state index in [9.17, 15) is 9.59 Å². The van der Waals surface area contributed by atoms with Crippen molar-refractivity contribution >= 4 is 80.4 Å². The van der Waals surface area contributed by atoms with Crippen molar-refractivity contribution in [2.45, 2.75) is 12.8 Å². The van der Waals surface area contributed by atoms with Crippen LogP contribution in [0.15, 0.2) is 47.4 Å². The standard InChI is InChI=1S/C22H15Cl2N3O3S2/c23-12-7-8-16-14(10-12)20(13-4-1-2-5-15(13)24)26-18(25-16)11-17-21(30)27(22(31)32-17)9-3-6-19(28)29/h1-2,4-5,7-8,10-11H,3,6,9H2,(H,28,29). The van der Waals surface area contributed by atoms with Crippen LogP contribution in [-0.4, -0.2) is 42.7 Å². The number of carbonyl (C=O) groups is 2. The first-order valence-corrected chi connectivity index (χ1v) is 11.5. The molecule has 1 fully saturated rings. The van der Waals surface area contributed by atoms with Crippen molar-refractivity contribution in [3.8, 4) is 11.3 Å². The van der Waals surface area contributed by atoms with Gasteiger partial charge < -0.3 is 5.11 Å². The minimum Gasteiger partial charge on any atom is -0.481 e. The van der Waals surface area contributed by atoms with Crippen molar-refractivity contribution in [2.24, 2.45) is 0 Å². The van der Waals surface area contributed by atoms with Gasteiger partial charge in [0.1, 0.15) is 4.32 Å². The Bertz CT molecular complexity index is 1300. The fraction of sp³-hybridized carbons (Fsp3) is 0.136. The van der Waals surface area contributed by atoms with Crippen molar-refractivity contribution in [1.82, 2.24) is 14.9 Å². The van der Waals surface area contributed by atoms with E-state index in [0.717, 1.165) is 22.7 Å². The first-order chi connectivity index (χ1) is 15.3. The van der Waals surface area contributed by atoms with Gasteiger partial charge in [-0.05, 0) is 30.7 Å². The SMILES string of the molecule is O=C(O)CCCN1C(=O)C(=Cc2nc(-c3ccccc3Cl)c3cc(Cl)ccc3n2)SC1=S. The molecule has 0 atom stereocenters. The summed E-state index contributed by atoms with van der Waals surface area (Å²) in [6.45, 7) is 0.246. The number of fused-ring (bicyclic) bond motifs is 1. The number of carboxylic acids is 1. The molecular weight excluding hydrogens is 489 g/mol. The average Bonchev–Trinajstić information content (AvgIpc) is 3.01. The third kappa shape index (κ3) is 4.78. The summed E-state index contributed by atoms with van der Waals surface area (Å²) in [7, 11) is 0. The largest absolute Gasteiger partial charge is 0.481 e. The van der Waals surface area contributed by atoms with Gasteiger partial charge in [0.15, 0.2) is 5.82 Å². The van der Waals surface area contributed by atoms with E-state index in [-0.39, 0.29) is 18.9 Å². The lowest BCUT2D eigenvalue weighted by Crippen LogP contribution is -2.29. The number of thiocarbonyl (C=S) groups is 1. The molecule has 1 N–H and O–H groups in total. The van der Waals surface area contributed by atoms with E-state index in [4.69, 9.17) is 40.5 Å². The number of benzene rings is 2. The smallest absolute Gasteiger partial charge is 0.303 e. The lowest BCUT2D eigenvalue weighted by molar-refractivity contribution is -0.137. The number of aliphatic carboxylic acids is 1. The molecule has 3 aromatic rings. The van der Waals surface area contributed by atoms with Crippen LogP contribution in [0.3, 0.4) is 0 Å².